The zero-order valence-corrected chi connectivity index (χ0v) is 18.5. The Kier molecular flexibility index (Phi) is 5.25. The molecule has 2 saturated heterocycles. The van der Waals surface area contributed by atoms with Gasteiger partial charge >= 0.3 is 6.18 Å². The molecule has 168 valence electrons. The highest BCUT2D eigenvalue weighted by molar-refractivity contribution is 9.10. The van der Waals surface area contributed by atoms with Crippen molar-refractivity contribution in [1.82, 2.24) is 0 Å². The number of hydrogen-bond acceptors (Lipinski definition) is 4. The number of imide groups is 1. The minimum atomic E-state index is -4.60. The van der Waals surface area contributed by atoms with E-state index in [2.05, 4.69) is 15.9 Å². The molecule has 0 N–H and O–H groups in total. The Morgan fingerprint density at radius 2 is 1.48 bits per heavy atom. The van der Waals surface area contributed by atoms with Crippen LogP contribution in [-0.4, -0.2) is 17.9 Å². The summed E-state index contributed by atoms with van der Waals surface area (Å²) in [4.78, 5) is 33.5. The van der Waals surface area contributed by atoms with Crippen molar-refractivity contribution in [2.45, 2.75) is 18.3 Å². The third kappa shape index (κ3) is 3.71. The van der Waals surface area contributed by atoms with Crippen molar-refractivity contribution in [2.24, 2.45) is 5.92 Å². The summed E-state index contributed by atoms with van der Waals surface area (Å²) < 4.78 is 40.5. The van der Waals surface area contributed by atoms with Gasteiger partial charge in [0.1, 0.15) is 5.92 Å². The number of hydroxylamine groups is 1. The van der Waals surface area contributed by atoms with E-state index in [1.54, 1.807) is 12.1 Å². The second-order valence-corrected chi connectivity index (χ2v) is 8.69. The highest BCUT2D eigenvalue weighted by Gasteiger charge is 2.60. The first-order valence-corrected chi connectivity index (χ1v) is 10.9. The zero-order chi connectivity index (χ0) is 23.3. The summed E-state index contributed by atoms with van der Waals surface area (Å²) in [7, 11) is 0. The van der Waals surface area contributed by atoms with Crippen LogP contribution in [0.2, 0.25) is 0 Å². The Morgan fingerprint density at radius 3 is 2.15 bits per heavy atom. The number of rotatable bonds is 3. The fourth-order valence-corrected chi connectivity index (χ4v) is 4.55. The quantitative estimate of drug-likeness (QED) is 0.430. The van der Waals surface area contributed by atoms with E-state index < -0.39 is 41.6 Å². The van der Waals surface area contributed by atoms with Gasteiger partial charge in [0.05, 0.1) is 23.0 Å². The van der Waals surface area contributed by atoms with E-state index in [9.17, 15) is 22.8 Å². The van der Waals surface area contributed by atoms with Crippen molar-refractivity contribution in [3.8, 4) is 0 Å². The van der Waals surface area contributed by atoms with Gasteiger partial charge in [-0.2, -0.15) is 13.2 Å². The Labute approximate surface area is 195 Å². The SMILES string of the molecule is O=C1[C@@H]2[C@@H](c3ccc(Br)cc3)N(c3ccccc3)O[C@H]2C(=O)N1c1cccc(C(F)(F)F)c1. The molecule has 5 rings (SSSR count). The predicted octanol–water partition coefficient (Wildman–Crippen LogP) is 5.52. The number of anilines is 2. The lowest BCUT2D eigenvalue weighted by molar-refractivity contribution is -0.137. The van der Waals surface area contributed by atoms with Gasteiger partial charge in [0.15, 0.2) is 6.10 Å². The molecule has 0 bridgehead atoms. The Hall–Kier alpha value is -3.17. The van der Waals surface area contributed by atoms with Crippen LogP contribution in [0.25, 0.3) is 0 Å². The number of amides is 2. The molecule has 2 fully saturated rings. The summed E-state index contributed by atoms with van der Waals surface area (Å²) in [6.07, 6.45) is -5.75. The molecule has 2 heterocycles. The molecule has 2 amide bonds. The van der Waals surface area contributed by atoms with Crippen molar-refractivity contribution >= 4 is 39.1 Å². The molecule has 3 aromatic carbocycles. The van der Waals surface area contributed by atoms with E-state index in [1.165, 1.54) is 17.2 Å². The fourth-order valence-electron chi connectivity index (χ4n) is 4.29. The number of halogens is 4. The minimum absolute atomic E-state index is 0.126. The topological polar surface area (TPSA) is 49.9 Å². The maximum Gasteiger partial charge on any atom is 0.416 e. The summed E-state index contributed by atoms with van der Waals surface area (Å²) in [6, 6.07) is 19.9. The van der Waals surface area contributed by atoms with Crippen LogP contribution in [0.3, 0.4) is 0 Å². The largest absolute Gasteiger partial charge is 0.416 e. The first-order valence-electron chi connectivity index (χ1n) is 10.1. The summed E-state index contributed by atoms with van der Waals surface area (Å²) in [5.41, 5.74) is 0.334. The molecule has 9 heteroatoms. The Morgan fingerprint density at radius 1 is 0.818 bits per heavy atom. The molecule has 0 radical (unpaired) electrons. The monoisotopic (exact) mass is 516 g/mol. The lowest BCUT2D eigenvalue weighted by atomic mass is 9.90. The first kappa shape index (κ1) is 21.7. The maximum absolute atomic E-state index is 13.5. The van der Waals surface area contributed by atoms with Crippen LogP contribution in [-0.2, 0) is 20.6 Å². The highest BCUT2D eigenvalue weighted by atomic mass is 79.9. The summed E-state index contributed by atoms with van der Waals surface area (Å²) in [5.74, 6) is -2.21. The Balaban J connectivity index is 1.57. The summed E-state index contributed by atoms with van der Waals surface area (Å²) in [5, 5.41) is 1.54. The molecule has 0 unspecified atom stereocenters. The minimum Gasteiger partial charge on any atom is -0.273 e. The van der Waals surface area contributed by atoms with Crippen LogP contribution in [0.5, 0.6) is 0 Å². The third-order valence-corrected chi connectivity index (χ3v) is 6.30. The lowest BCUT2D eigenvalue weighted by Gasteiger charge is -2.29. The smallest absolute Gasteiger partial charge is 0.273 e. The molecule has 0 saturated carbocycles. The molecular formula is C24H16BrF3N2O3. The van der Waals surface area contributed by atoms with Gasteiger partial charge in [0, 0.05) is 4.47 Å². The first-order chi connectivity index (χ1) is 15.8. The molecule has 0 aliphatic carbocycles. The standard InChI is InChI=1S/C24H16BrF3N2O3/c25-16-11-9-14(10-12-16)20-19-21(33-30(20)17-6-2-1-3-7-17)23(32)29(22(19)31)18-8-4-5-15(13-18)24(26,27)28/h1-13,19-21H/t19-,20-,21-/m1/s1. The molecule has 3 aromatic rings. The van der Waals surface area contributed by atoms with E-state index in [-0.39, 0.29) is 5.69 Å². The van der Waals surface area contributed by atoms with Gasteiger partial charge in [-0.25, -0.2) is 9.96 Å². The van der Waals surface area contributed by atoms with Crippen LogP contribution in [0.1, 0.15) is 17.2 Å². The number of alkyl halides is 3. The summed E-state index contributed by atoms with van der Waals surface area (Å²) in [6.45, 7) is 0. The zero-order valence-electron chi connectivity index (χ0n) is 16.9. The van der Waals surface area contributed by atoms with Crippen molar-refractivity contribution in [2.75, 3.05) is 9.96 Å². The molecule has 5 nitrogen and oxygen atoms in total. The molecule has 0 spiro atoms. The number of carbonyl (C=O) groups excluding carboxylic acids is 2. The van der Waals surface area contributed by atoms with Crippen LogP contribution in [0.15, 0.2) is 83.3 Å². The number of fused-ring (bicyclic) bond motifs is 1. The number of hydrogen-bond donors (Lipinski definition) is 0. The second kappa shape index (κ2) is 8.00. The molecule has 2 aliphatic rings. The normalized spacial score (nSPS) is 22.7. The highest BCUT2D eigenvalue weighted by Crippen LogP contribution is 2.48. The second-order valence-electron chi connectivity index (χ2n) is 7.77. The molecular weight excluding hydrogens is 501 g/mol. The van der Waals surface area contributed by atoms with Gasteiger partial charge in [0.25, 0.3) is 5.91 Å². The van der Waals surface area contributed by atoms with E-state index in [0.717, 1.165) is 27.1 Å². The average molecular weight is 517 g/mol. The maximum atomic E-state index is 13.5. The van der Waals surface area contributed by atoms with Gasteiger partial charge in [-0.05, 0) is 48.0 Å². The van der Waals surface area contributed by atoms with E-state index in [1.807, 2.05) is 42.5 Å². The van der Waals surface area contributed by atoms with Crippen LogP contribution >= 0.6 is 15.9 Å². The van der Waals surface area contributed by atoms with Gasteiger partial charge in [-0.15, -0.1) is 0 Å². The van der Waals surface area contributed by atoms with E-state index >= 15 is 0 Å². The van der Waals surface area contributed by atoms with Crippen LogP contribution in [0.4, 0.5) is 24.5 Å². The molecule has 2 aliphatic heterocycles. The van der Waals surface area contributed by atoms with Crippen molar-refractivity contribution < 1.29 is 27.6 Å². The predicted molar refractivity (Wildman–Crippen MR) is 118 cm³/mol. The van der Waals surface area contributed by atoms with Crippen molar-refractivity contribution in [3.63, 3.8) is 0 Å². The van der Waals surface area contributed by atoms with Gasteiger partial charge in [-0.1, -0.05) is 52.3 Å². The average Bonchev–Trinajstić information content (AvgIpc) is 3.30. The van der Waals surface area contributed by atoms with E-state index in [4.69, 9.17) is 4.84 Å². The van der Waals surface area contributed by atoms with Gasteiger partial charge in [0.2, 0.25) is 5.91 Å². The third-order valence-electron chi connectivity index (χ3n) is 5.77. The number of benzene rings is 3. The number of carbonyl (C=O) groups is 2. The van der Waals surface area contributed by atoms with Gasteiger partial charge in [-0.3, -0.25) is 14.4 Å². The van der Waals surface area contributed by atoms with Crippen LogP contribution in [0, 0.1) is 5.92 Å². The molecule has 33 heavy (non-hydrogen) atoms. The summed E-state index contributed by atoms with van der Waals surface area (Å²) >= 11 is 3.39. The number of para-hydroxylation sites is 1. The number of nitrogens with zero attached hydrogens (tertiary/aromatic N) is 2. The Bertz CT molecular complexity index is 1220. The lowest BCUT2D eigenvalue weighted by Crippen LogP contribution is -2.37. The van der Waals surface area contributed by atoms with Gasteiger partial charge < -0.3 is 0 Å². The van der Waals surface area contributed by atoms with E-state index in [0.29, 0.717) is 5.69 Å². The van der Waals surface area contributed by atoms with Crippen molar-refractivity contribution in [1.29, 1.82) is 0 Å². The fraction of sp³-hybridized carbons (Fsp3) is 0.167. The van der Waals surface area contributed by atoms with Crippen molar-refractivity contribution in [3.05, 3.63) is 94.5 Å². The molecule has 3 atom stereocenters. The van der Waals surface area contributed by atoms with Crippen LogP contribution < -0.4 is 9.96 Å². The molecule has 0 aromatic heterocycles.